The molecule has 6 heteroatoms. The van der Waals surface area contributed by atoms with Gasteiger partial charge in [0.1, 0.15) is 11.6 Å². The van der Waals surface area contributed by atoms with Gasteiger partial charge in [0.05, 0.1) is 0 Å². The quantitative estimate of drug-likeness (QED) is 0.867. The standard InChI is InChI=1S/C17H20F2N4/c1-2-16(14-5-4-13(18)12-15(14)19)22-8-10-23(11-9-22)17-20-6-3-7-21-17/h3-7,12,16H,2,8-11H2,1H3. The van der Waals surface area contributed by atoms with E-state index in [9.17, 15) is 8.78 Å². The maximum Gasteiger partial charge on any atom is 0.225 e. The number of aromatic nitrogens is 2. The molecule has 23 heavy (non-hydrogen) atoms. The highest BCUT2D eigenvalue weighted by molar-refractivity contribution is 5.30. The molecule has 1 atom stereocenters. The van der Waals surface area contributed by atoms with E-state index in [1.807, 2.05) is 6.92 Å². The van der Waals surface area contributed by atoms with Gasteiger partial charge < -0.3 is 4.90 Å². The van der Waals surface area contributed by atoms with Gasteiger partial charge in [-0.15, -0.1) is 0 Å². The first-order valence-corrected chi connectivity index (χ1v) is 7.90. The number of rotatable bonds is 4. The number of anilines is 1. The number of hydrogen-bond acceptors (Lipinski definition) is 4. The van der Waals surface area contributed by atoms with Crippen LogP contribution in [-0.4, -0.2) is 41.0 Å². The van der Waals surface area contributed by atoms with Gasteiger partial charge in [-0.25, -0.2) is 18.7 Å². The lowest BCUT2D eigenvalue weighted by atomic mass is 10.0. The molecule has 3 rings (SSSR count). The molecule has 1 aliphatic heterocycles. The van der Waals surface area contributed by atoms with E-state index in [1.54, 1.807) is 24.5 Å². The van der Waals surface area contributed by atoms with E-state index in [1.165, 1.54) is 6.07 Å². The van der Waals surface area contributed by atoms with Crippen LogP contribution >= 0.6 is 0 Å². The van der Waals surface area contributed by atoms with Crippen molar-refractivity contribution in [2.24, 2.45) is 0 Å². The second-order valence-electron chi connectivity index (χ2n) is 5.66. The number of halogens is 2. The SMILES string of the molecule is CCC(c1ccc(F)cc1F)N1CCN(c2ncccn2)CC1. The summed E-state index contributed by atoms with van der Waals surface area (Å²) in [6, 6.07) is 5.62. The van der Waals surface area contributed by atoms with Crippen molar-refractivity contribution < 1.29 is 8.78 Å². The number of benzene rings is 1. The molecule has 4 nitrogen and oxygen atoms in total. The fraction of sp³-hybridized carbons (Fsp3) is 0.412. The van der Waals surface area contributed by atoms with E-state index in [4.69, 9.17) is 0 Å². The highest BCUT2D eigenvalue weighted by Crippen LogP contribution is 2.28. The molecular formula is C17H20F2N4. The number of piperazine rings is 1. The summed E-state index contributed by atoms with van der Waals surface area (Å²) in [5.41, 5.74) is 0.568. The van der Waals surface area contributed by atoms with E-state index >= 15 is 0 Å². The minimum Gasteiger partial charge on any atom is -0.338 e. The largest absolute Gasteiger partial charge is 0.338 e. The van der Waals surface area contributed by atoms with Gasteiger partial charge in [0, 0.05) is 56.2 Å². The lowest BCUT2D eigenvalue weighted by Gasteiger charge is -2.39. The van der Waals surface area contributed by atoms with Crippen LogP contribution in [0, 0.1) is 11.6 Å². The minimum atomic E-state index is -0.535. The van der Waals surface area contributed by atoms with Crippen molar-refractivity contribution >= 4 is 5.95 Å². The third-order valence-corrected chi connectivity index (χ3v) is 4.30. The Kier molecular flexibility index (Phi) is 4.81. The molecule has 0 bridgehead atoms. The van der Waals surface area contributed by atoms with E-state index in [0.717, 1.165) is 44.6 Å². The zero-order valence-corrected chi connectivity index (χ0v) is 13.1. The number of nitrogens with zero attached hydrogens (tertiary/aromatic N) is 4. The summed E-state index contributed by atoms with van der Waals surface area (Å²) in [4.78, 5) is 12.9. The molecule has 122 valence electrons. The highest BCUT2D eigenvalue weighted by Gasteiger charge is 2.26. The van der Waals surface area contributed by atoms with Crippen molar-refractivity contribution in [1.82, 2.24) is 14.9 Å². The monoisotopic (exact) mass is 318 g/mol. The van der Waals surface area contributed by atoms with Crippen LogP contribution < -0.4 is 4.90 Å². The van der Waals surface area contributed by atoms with Gasteiger partial charge in [-0.05, 0) is 18.6 Å². The third-order valence-electron chi connectivity index (χ3n) is 4.30. The normalized spacial score (nSPS) is 17.3. The van der Waals surface area contributed by atoms with Crippen LogP contribution in [0.25, 0.3) is 0 Å². The molecule has 0 saturated carbocycles. The van der Waals surface area contributed by atoms with E-state index in [0.29, 0.717) is 5.56 Å². The van der Waals surface area contributed by atoms with Crippen molar-refractivity contribution in [3.8, 4) is 0 Å². The summed E-state index contributed by atoms with van der Waals surface area (Å²) in [6.07, 6.45) is 4.25. The summed E-state index contributed by atoms with van der Waals surface area (Å²) in [6.45, 7) is 5.22. The van der Waals surface area contributed by atoms with Gasteiger partial charge in [0.2, 0.25) is 5.95 Å². The summed E-state index contributed by atoms with van der Waals surface area (Å²) in [7, 11) is 0. The smallest absolute Gasteiger partial charge is 0.225 e. The molecule has 1 fully saturated rings. The van der Waals surface area contributed by atoms with Gasteiger partial charge in [-0.3, -0.25) is 4.90 Å². The van der Waals surface area contributed by atoms with Gasteiger partial charge in [-0.2, -0.15) is 0 Å². The molecule has 1 saturated heterocycles. The average molecular weight is 318 g/mol. The lowest BCUT2D eigenvalue weighted by Crippen LogP contribution is -2.48. The van der Waals surface area contributed by atoms with Crippen molar-refractivity contribution in [2.75, 3.05) is 31.1 Å². The Morgan fingerprint density at radius 2 is 1.78 bits per heavy atom. The second-order valence-corrected chi connectivity index (χ2v) is 5.66. The maximum absolute atomic E-state index is 14.1. The number of hydrogen-bond donors (Lipinski definition) is 0. The van der Waals surface area contributed by atoms with Crippen LogP contribution in [0.1, 0.15) is 24.9 Å². The van der Waals surface area contributed by atoms with Crippen LogP contribution in [0.4, 0.5) is 14.7 Å². The zero-order valence-electron chi connectivity index (χ0n) is 13.1. The van der Waals surface area contributed by atoms with Crippen molar-refractivity contribution in [3.05, 3.63) is 53.9 Å². The van der Waals surface area contributed by atoms with Gasteiger partial charge >= 0.3 is 0 Å². The van der Waals surface area contributed by atoms with Crippen LogP contribution in [0.3, 0.4) is 0 Å². The summed E-state index contributed by atoms with van der Waals surface area (Å²) in [5.74, 6) is -0.272. The second kappa shape index (κ2) is 7.00. The summed E-state index contributed by atoms with van der Waals surface area (Å²) in [5, 5.41) is 0. The Labute approximate surface area is 134 Å². The first-order chi connectivity index (χ1) is 11.2. The summed E-state index contributed by atoms with van der Waals surface area (Å²) >= 11 is 0. The van der Waals surface area contributed by atoms with E-state index < -0.39 is 11.6 Å². The Bertz CT molecular complexity index is 642. The molecule has 1 aromatic heterocycles. The molecule has 0 spiro atoms. The minimum absolute atomic E-state index is 0.0329. The van der Waals surface area contributed by atoms with E-state index in [-0.39, 0.29) is 6.04 Å². The first-order valence-electron chi connectivity index (χ1n) is 7.90. The van der Waals surface area contributed by atoms with Crippen molar-refractivity contribution in [3.63, 3.8) is 0 Å². The van der Waals surface area contributed by atoms with Gasteiger partial charge in [0.25, 0.3) is 0 Å². The zero-order chi connectivity index (χ0) is 16.2. The van der Waals surface area contributed by atoms with Crippen LogP contribution in [0.5, 0.6) is 0 Å². The Hall–Kier alpha value is -2.08. The predicted octanol–water partition coefficient (Wildman–Crippen LogP) is 3.03. The van der Waals surface area contributed by atoms with E-state index in [2.05, 4.69) is 19.8 Å². The molecule has 1 aliphatic rings. The van der Waals surface area contributed by atoms with Gasteiger partial charge in [0.15, 0.2) is 0 Å². The molecule has 0 aliphatic carbocycles. The van der Waals surface area contributed by atoms with Crippen LogP contribution in [0.2, 0.25) is 0 Å². The predicted molar refractivity (Wildman–Crippen MR) is 85.2 cm³/mol. The van der Waals surface area contributed by atoms with Crippen LogP contribution in [-0.2, 0) is 0 Å². The molecule has 2 aromatic rings. The molecule has 1 aromatic carbocycles. The Morgan fingerprint density at radius 3 is 2.39 bits per heavy atom. The van der Waals surface area contributed by atoms with Crippen molar-refractivity contribution in [1.29, 1.82) is 0 Å². The molecule has 0 N–H and O–H groups in total. The maximum atomic E-state index is 14.1. The fourth-order valence-corrected chi connectivity index (χ4v) is 3.13. The molecule has 2 heterocycles. The first kappa shape index (κ1) is 15.8. The Balaban J connectivity index is 1.70. The van der Waals surface area contributed by atoms with Gasteiger partial charge in [-0.1, -0.05) is 13.0 Å². The highest BCUT2D eigenvalue weighted by atomic mass is 19.1. The Morgan fingerprint density at radius 1 is 1.09 bits per heavy atom. The molecular weight excluding hydrogens is 298 g/mol. The van der Waals surface area contributed by atoms with Crippen LogP contribution in [0.15, 0.2) is 36.7 Å². The fourth-order valence-electron chi connectivity index (χ4n) is 3.13. The molecule has 0 amide bonds. The molecule has 0 radical (unpaired) electrons. The summed E-state index contributed by atoms with van der Waals surface area (Å²) < 4.78 is 27.2. The lowest BCUT2D eigenvalue weighted by molar-refractivity contribution is 0.177. The average Bonchev–Trinajstić information content (AvgIpc) is 2.59. The third kappa shape index (κ3) is 3.47. The topological polar surface area (TPSA) is 32.3 Å². The van der Waals surface area contributed by atoms with Crippen molar-refractivity contribution in [2.45, 2.75) is 19.4 Å². The molecule has 1 unspecified atom stereocenters.